The third-order valence-electron chi connectivity index (χ3n) is 7.92. The maximum Gasteiger partial charge on any atom is 0.305 e. The normalized spacial score (nSPS) is 20.1. The molecule has 4 atom stereocenters. The molecule has 0 aromatic heterocycles. The summed E-state index contributed by atoms with van der Waals surface area (Å²) >= 11 is 3.64. The number of aryl methyl sites for hydroxylation is 1. The molecule has 0 saturated heterocycles. The minimum absolute atomic E-state index is 0.138. The summed E-state index contributed by atoms with van der Waals surface area (Å²) in [6.07, 6.45) is 15.9. The van der Waals surface area contributed by atoms with Gasteiger partial charge in [-0.2, -0.15) is 0 Å². The highest BCUT2D eigenvalue weighted by atomic mass is 79.9. The first-order valence-electron chi connectivity index (χ1n) is 15.0. The van der Waals surface area contributed by atoms with E-state index in [1.807, 2.05) is 51.2 Å². The van der Waals surface area contributed by atoms with Crippen LogP contribution in [-0.2, 0) is 27.3 Å². The number of carbonyl (C=O) groups excluding carboxylic acids is 1. The first-order chi connectivity index (χ1) is 19.8. The maximum atomic E-state index is 14.2. The lowest BCUT2D eigenvalue weighted by Gasteiger charge is -2.28. The van der Waals surface area contributed by atoms with Gasteiger partial charge in [-0.3, -0.25) is 4.79 Å². The van der Waals surface area contributed by atoms with Gasteiger partial charge in [-0.25, -0.2) is 4.39 Å². The third kappa shape index (κ3) is 11.9. The molecule has 2 aromatic rings. The van der Waals surface area contributed by atoms with Gasteiger partial charge in [0, 0.05) is 22.4 Å². The van der Waals surface area contributed by atoms with Crippen LogP contribution in [0.25, 0.3) is 0 Å². The van der Waals surface area contributed by atoms with E-state index in [2.05, 4.69) is 58.5 Å². The van der Waals surface area contributed by atoms with Gasteiger partial charge < -0.3 is 14.8 Å². The van der Waals surface area contributed by atoms with Crippen molar-refractivity contribution in [1.82, 2.24) is 5.32 Å². The van der Waals surface area contributed by atoms with E-state index in [1.54, 1.807) is 6.07 Å². The van der Waals surface area contributed by atoms with E-state index >= 15 is 0 Å². The second kappa shape index (κ2) is 19.0. The van der Waals surface area contributed by atoms with Gasteiger partial charge in [-0.1, -0.05) is 90.5 Å². The molecule has 0 spiro atoms. The Hall–Kier alpha value is -2.28. The molecule has 3 rings (SSSR count). The molecule has 6 heteroatoms. The first-order valence-corrected chi connectivity index (χ1v) is 15.8. The van der Waals surface area contributed by atoms with Gasteiger partial charge in [0.1, 0.15) is 5.82 Å². The minimum atomic E-state index is -0.258. The van der Waals surface area contributed by atoms with Crippen molar-refractivity contribution in [1.29, 1.82) is 0 Å². The summed E-state index contributed by atoms with van der Waals surface area (Å²) in [6.45, 7) is 6.75. The van der Waals surface area contributed by atoms with Gasteiger partial charge in [-0.15, -0.1) is 0 Å². The van der Waals surface area contributed by atoms with Crippen molar-refractivity contribution in [3.05, 3.63) is 94.3 Å². The van der Waals surface area contributed by atoms with Crippen molar-refractivity contribution >= 4 is 21.9 Å². The van der Waals surface area contributed by atoms with Crippen LogP contribution >= 0.6 is 15.9 Å². The lowest BCUT2D eigenvalue weighted by atomic mass is 9.87. The molecular formula is C35H49BrFNO3. The molecule has 1 unspecified atom stereocenters. The van der Waals surface area contributed by atoms with Crippen molar-refractivity contribution in [3.63, 3.8) is 0 Å². The molecule has 0 radical (unpaired) electrons. The topological polar surface area (TPSA) is 47.6 Å². The number of rotatable bonds is 15. The summed E-state index contributed by atoms with van der Waals surface area (Å²) in [5.74, 6) is 0.468. The van der Waals surface area contributed by atoms with E-state index in [-0.39, 0.29) is 29.3 Å². The minimum Gasteiger partial charge on any atom is -0.469 e. The number of hydrogen-bond acceptors (Lipinski definition) is 4. The van der Waals surface area contributed by atoms with E-state index < -0.39 is 0 Å². The predicted molar refractivity (Wildman–Crippen MR) is 171 cm³/mol. The lowest BCUT2D eigenvalue weighted by molar-refractivity contribution is -0.140. The van der Waals surface area contributed by atoms with Gasteiger partial charge in [-0.05, 0) is 88.1 Å². The number of likely N-dealkylation sites (N-methyl/N-ethyl adjacent to an activating group) is 1. The van der Waals surface area contributed by atoms with Crippen LogP contribution in [0, 0.1) is 17.7 Å². The van der Waals surface area contributed by atoms with Gasteiger partial charge in [0.2, 0.25) is 0 Å². The molecule has 0 heterocycles. The number of benzene rings is 2. The molecule has 41 heavy (non-hydrogen) atoms. The summed E-state index contributed by atoms with van der Waals surface area (Å²) in [5.41, 5.74) is 1.64. The molecule has 0 aliphatic heterocycles. The number of unbranched alkanes of at least 4 members (excludes halogenated alkanes) is 1. The summed E-state index contributed by atoms with van der Waals surface area (Å²) in [6, 6.07) is 15.2. The Morgan fingerprint density at radius 2 is 1.80 bits per heavy atom. The Bertz CT molecular complexity index is 1100. The smallest absolute Gasteiger partial charge is 0.305 e. The fourth-order valence-corrected chi connectivity index (χ4v) is 5.59. The van der Waals surface area contributed by atoms with E-state index in [1.165, 1.54) is 13.2 Å². The van der Waals surface area contributed by atoms with Crippen molar-refractivity contribution < 1.29 is 18.7 Å². The average Bonchev–Trinajstić information content (AvgIpc) is 3.39. The highest BCUT2D eigenvalue weighted by molar-refractivity contribution is 9.10. The number of methoxy groups -OCH3 is 1. The maximum absolute atomic E-state index is 14.2. The molecule has 0 amide bonds. The highest BCUT2D eigenvalue weighted by Gasteiger charge is 2.35. The zero-order valence-electron chi connectivity index (χ0n) is 25.5. The van der Waals surface area contributed by atoms with Crippen LogP contribution in [0.2, 0.25) is 0 Å². The van der Waals surface area contributed by atoms with Crippen LogP contribution in [0.5, 0.6) is 0 Å². The molecular weight excluding hydrogens is 581 g/mol. The zero-order valence-corrected chi connectivity index (χ0v) is 27.1. The fraction of sp³-hybridized carbons (Fsp3) is 0.514. The monoisotopic (exact) mass is 629 g/mol. The standard InChI is InChI=1S/C33H43BrFNO3.C2H6/c1-33(36-2,22-20-26-13-9-11-16-30(26)35)23-21-28-25(12-6-4-5-7-17-32(37)38-3)18-19-31(28)39-24-27-14-8-10-15-29(27)34;1-2/h4,6,8-11,13-16,21,23,25,28,31,36H,5,7,12,17-20,22,24H2,1-3H3;1-2H3/b6-4-,23-21+;/t25-,28+,31+,33?;/m0./s1. The molecule has 1 aliphatic rings. The summed E-state index contributed by atoms with van der Waals surface area (Å²) in [4.78, 5) is 11.3. The van der Waals surface area contributed by atoms with Crippen LogP contribution in [-0.4, -0.2) is 31.8 Å². The number of allylic oxidation sites excluding steroid dienone is 2. The van der Waals surface area contributed by atoms with E-state index in [9.17, 15) is 9.18 Å². The van der Waals surface area contributed by atoms with Gasteiger partial charge in [0.05, 0.1) is 19.8 Å². The van der Waals surface area contributed by atoms with E-state index in [0.29, 0.717) is 25.4 Å². The molecule has 1 N–H and O–H groups in total. The van der Waals surface area contributed by atoms with Crippen molar-refractivity contribution in [2.24, 2.45) is 11.8 Å². The second-order valence-electron chi connectivity index (χ2n) is 10.6. The molecule has 2 aromatic carbocycles. The Kier molecular flexibility index (Phi) is 16.2. The van der Waals surface area contributed by atoms with Crippen LogP contribution in [0.1, 0.15) is 76.8 Å². The number of nitrogens with one attached hydrogen (secondary N) is 1. The van der Waals surface area contributed by atoms with Crippen molar-refractivity contribution in [2.45, 2.75) is 90.4 Å². The molecule has 226 valence electrons. The van der Waals surface area contributed by atoms with Crippen LogP contribution in [0.4, 0.5) is 4.39 Å². The van der Waals surface area contributed by atoms with Crippen molar-refractivity contribution in [2.75, 3.05) is 14.2 Å². The van der Waals surface area contributed by atoms with Crippen molar-refractivity contribution in [3.8, 4) is 0 Å². The second-order valence-corrected chi connectivity index (χ2v) is 11.5. The Morgan fingerprint density at radius 3 is 2.49 bits per heavy atom. The Balaban J connectivity index is 0.00000287. The van der Waals surface area contributed by atoms with Gasteiger partial charge >= 0.3 is 5.97 Å². The summed E-state index contributed by atoms with van der Waals surface area (Å²) in [7, 11) is 3.40. The molecule has 1 aliphatic carbocycles. The van der Waals surface area contributed by atoms with Crippen LogP contribution in [0.3, 0.4) is 0 Å². The third-order valence-corrected chi connectivity index (χ3v) is 8.69. The van der Waals surface area contributed by atoms with Gasteiger partial charge in [0.15, 0.2) is 0 Å². The van der Waals surface area contributed by atoms with Gasteiger partial charge in [0.25, 0.3) is 0 Å². The zero-order chi connectivity index (χ0) is 30.1. The fourth-order valence-electron chi connectivity index (χ4n) is 5.20. The number of carbonyl (C=O) groups is 1. The number of ether oxygens (including phenoxy) is 2. The first kappa shape index (κ1) is 34.9. The van der Waals surface area contributed by atoms with E-state index in [4.69, 9.17) is 9.47 Å². The average molecular weight is 631 g/mol. The number of esters is 1. The van der Waals surface area contributed by atoms with Crippen LogP contribution in [0.15, 0.2) is 77.3 Å². The Morgan fingerprint density at radius 1 is 1.10 bits per heavy atom. The quantitative estimate of drug-likeness (QED) is 0.121. The molecule has 4 nitrogen and oxygen atoms in total. The Labute approximate surface area is 255 Å². The summed E-state index contributed by atoms with van der Waals surface area (Å²) in [5, 5.41) is 3.46. The van der Waals surface area contributed by atoms with E-state index in [0.717, 1.165) is 54.1 Å². The molecule has 1 saturated carbocycles. The summed E-state index contributed by atoms with van der Waals surface area (Å²) < 4.78 is 26.5. The van der Waals surface area contributed by atoms with Crippen LogP contribution < -0.4 is 5.32 Å². The number of halogens is 2. The predicted octanol–water partition coefficient (Wildman–Crippen LogP) is 8.98. The SMILES string of the molecule is CC.CNC(C)(/C=C/[C@@H]1[C@@H](C/C=C\CCCC(=O)OC)CC[C@H]1OCc1ccccc1Br)CCc1ccccc1F. The largest absolute Gasteiger partial charge is 0.469 e. The molecule has 0 bridgehead atoms. The lowest BCUT2D eigenvalue weighted by Crippen LogP contribution is -2.38. The molecule has 1 fully saturated rings. The highest BCUT2D eigenvalue weighted by Crippen LogP contribution is 2.39. The number of hydrogen-bond donors (Lipinski definition) is 1.